The molecular formula is C12H13NO3. The van der Waals surface area contributed by atoms with Crippen LogP contribution in [0.4, 0.5) is 5.69 Å². The molecule has 16 heavy (non-hydrogen) atoms. The van der Waals surface area contributed by atoms with Gasteiger partial charge in [-0.25, -0.2) is 10.3 Å². The van der Waals surface area contributed by atoms with E-state index in [2.05, 4.69) is 5.48 Å². The monoisotopic (exact) mass is 219 g/mol. The number of nitrogens with one attached hydrogen (secondary N) is 1. The quantitative estimate of drug-likeness (QED) is 0.612. The van der Waals surface area contributed by atoms with Gasteiger partial charge in [-0.2, -0.15) is 0 Å². The second-order valence-corrected chi connectivity index (χ2v) is 3.42. The molecule has 1 aromatic rings. The van der Waals surface area contributed by atoms with E-state index < -0.39 is 0 Å². The third-order valence-electron chi connectivity index (χ3n) is 2.36. The molecule has 4 nitrogen and oxygen atoms in total. The van der Waals surface area contributed by atoms with Crippen LogP contribution in [-0.4, -0.2) is 12.6 Å². The maximum absolute atomic E-state index is 11.6. The van der Waals surface area contributed by atoms with Gasteiger partial charge in [-0.3, -0.25) is 0 Å². The minimum absolute atomic E-state index is 0.351. The lowest BCUT2D eigenvalue weighted by Crippen LogP contribution is -2.07. The van der Waals surface area contributed by atoms with E-state index in [1.807, 2.05) is 24.3 Å². The highest BCUT2D eigenvalue weighted by Gasteiger charge is 2.23. The molecule has 0 radical (unpaired) electrons. The second kappa shape index (κ2) is 4.26. The summed E-state index contributed by atoms with van der Waals surface area (Å²) in [6.45, 7) is 3.83. The van der Waals surface area contributed by atoms with Crippen molar-refractivity contribution in [3.05, 3.63) is 35.4 Å². The fraction of sp³-hybridized carbons (Fsp3) is 0.250. The first-order valence-corrected chi connectivity index (χ1v) is 5.14. The Labute approximate surface area is 93.8 Å². The molecular weight excluding hydrogens is 206 g/mol. The highest BCUT2D eigenvalue weighted by molar-refractivity contribution is 5.98. The molecule has 2 rings (SSSR count). The van der Waals surface area contributed by atoms with Gasteiger partial charge in [-0.15, -0.1) is 0 Å². The maximum atomic E-state index is 11.6. The summed E-state index contributed by atoms with van der Waals surface area (Å²) in [4.78, 5) is 16.8. The van der Waals surface area contributed by atoms with Crippen LogP contribution >= 0.6 is 0 Å². The Balaban J connectivity index is 2.36. The zero-order chi connectivity index (χ0) is 11.5. The van der Waals surface area contributed by atoms with Crippen molar-refractivity contribution in [3.63, 3.8) is 0 Å². The molecule has 0 aromatic heterocycles. The van der Waals surface area contributed by atoms with Crippen molar-refractivity contribution in [2.75, 3.05) is 12.1 Å². The van der Waals surface area contributed by atoms with Gasteiger partial charge < -0.3 is 9.57 Å². The van der Waals surface area contributed by atoms with Crippen LogP contribution in [0.1, 0.15) is 19.4 Å². The molecule has 1 aliphatic rings. The molecule has 0 saturated heterocycles. The molecule has 4 heteroatoms. The number of para-hydroxylation sites is 1. The summed E-state index contributed by atoms with van der Waals surface area (Å²) in [5.74, 6) is 0.185. The molecule has 0 amide bonds. The highest BCUT2D eigenvalue weighted by atomic mass is 16.7. The summed E-state index contributed by atoms with van der Waals surface area (Å²) < 4.78 is 4.93. The molecule has 84 valence electrons. The van der Waals surface area contributed by atoms with Crippen molar-refractivity contribution >= 4 is 17.4 Å². The third kappa shape index (κ3) is 1.74. The van der Waals surface area contributed by atoms with Crippen molar-refractivity contribution in [1.82, 2.24) is 0 Å². The normalized spacial score (nSPS) is 15.9. The molecule has 0 spiro atoms. The molecule has 1 aromatic carbocycles. The first-order valence-electron chi connectivity index (χ1n) is 5.14. The summed E-state index contributed by atoms with van der Waals surface area (Å²) in [5.41, 5.74) is 4.98. The lowest BCUT2D eigenvalue weighted by Gasteiger charge is -2.04. The number of esters is 1. The van der Waals surface area contributed by atoms with Crippen molar-refractivity contribution in [3.8, 4) is 0 Å². The van der Waals surface area contributed by atoms with Crippen LogP contribution in [0.2, 0.25) is 0 Å². The average Bonchev–Trinajstić information content (AvgIpc) is 2.72. The number of benzene rings is 1. The number of fused-ring (bicyclic) bond motifs is 1. The largest absolute Gasteiger partial charge is 0.463 e. The Morgan fingerprint density at radius 2 is 2.19 bits per heavy atom. The van der Waals surface area contributed by atoms with Gasteiger partial charge in [0.25, 0.3) is 0 Å². The van der Waals surface area contributed by atoms with Gasteiger partial charge in [0.05, 0.1) is 17.9 Å². The van der Waals surface area contributed by atoms with Crippen molar-refractivity contribution in [2.24, 2.45) is 0 Å². The Bertz CT molecular complexity index is 451. The van der Waals surface area contributed by atoms with Crippen LogP contribution in [0.5, 0.6) is 0 Å². The van der Waals surface area contributed by atoms with E-state index in [9.17, 15) is 4.79 Å². The van der Waals surface area contributed by atoms with Gasteiger partial charge in [0.15, 0.2) is 5.76 Å². The summed E-state index contributed by atoms with van der Waals surface area (Å²) in [5, 5.41) is 0. The summed E-state index contributed by atoms with van der Waals surface area (Å²) in [7, 11) is 0. The summed E-state index contributed by atoms with van der Waals surface area (Å²) in [6, 6.07) is 7.58. The van der Waals surface area contributed by atoms with Gasteiger partial charge >= 0.3 is 5.97 Å². The first-order chi connectivity index (χ1) is 7.74. The molecule has 1 heterocycles. The zero-order valence-corrected chi connectivity index (χ0v) is 9.24. The third-order valence-corrected chi connectivity index (χ3v) is 2.36. The van der Waals surface area contributed by atoms with E-state index in [0.29, 0.717) is 17.9 Å². The first kappa shape index (κ1) is 10.5. The predicted molar refractivity (Wildman–Crippen MR) is 60.4 cm³/mol. The van der Waals surface area contributed by atoms with Gasteiger partial charge in [0.1, 0.15) is 0 Å². The highest BCUT2D eigenvalue weighted by Crippen LogP contribution is 2.33. The summed E-state index contributed by atoms with van der Waals surface area (Å²) in [6.07, 6.45) is 0. The van der Waals surface area contributed by atoms with Crippen LogP contribution in [0, 0.1) is 0 Å². The molecule has 0 saturated carbocycles. The lowest BCUT2D eigenvalue weighted by molar-refractivity contribution is -0.138. The van der Waals surface area contributed by atoms with Crippen molar-refractivity contribution in [1.29, 1.82) is 0 Å². The topological polar surface area (TPSA) is 47.6 Å². The number of hydrogen-bond donors (Lipinski definition) is 1. The van der Waals surface area contributed by atoms with E-state index >= 15 is 0 Å². The number of rotatable bonds is 2. The predicted octanol–water partition coefficient (Wildman–Crippen LogP) is 2.34. The standard InChI is InChI=1S/C12H13NO3/c1-3-15-12(14)8(2)11-9-6-4-5-7-10(9)13-16-11/h4-7,13H,3H2,1-2H3. The van der Waals surface area contributed by atoms with E-state index in [1.165, 1.54) is 0 Å². The molecule has 0 atom stereocenters. The van der Waals surface area contributed by atoms with Gasteiger partial charge in [-0.05, 0) is 26.0 Å². The number of carbonyl (C=O) groups is 1. The fourth-order valence-electron chi connectivity index (χ4n) is 1.54. The number of hydrogen-bond acceptors (Lipinski definition) is 4. The fourth-order valence-corrected chi connectivity index (χ4v) is 1.54. The van der Waals surface area contributed by atoms with Crippen LogP contribution in [0.25, 0.3) is 5.76 Å². The maximum Gasteiger partial charge on any atom is 0.337 e. The van der Waals surface area contributed by atoms with Crippen LogP contribution in [0.3, 0.4) is 0 Å². The zero-order valence-electron chi connectivity index (χ0n) is 9.24. The van der Waals surface area contributed by atoms with Gasteiger partial charge in [0, 0.05) is 5.56 Å². The van der Waals surface area contributed by atoms with Crippen molar-refractivity contribution < 1.29 is 14.4 Å². The number of carbonyl (C=O) groups excluding carboxylic acids is 1. The Kier molecular flexibility index (Phi) is 2.81. The molecule has 0 aliphatic carbocycles. The lowest BCUT2D eigenvalue weighted by atomic mass is 10.1. The Morgan fingerprint density at radius 1 is 1.44 bits per heavy atom. The minimum atomic E-state index is -0.351. The van der Waals surface area contributed by atoms with Gasteiger partial charge in [0.2, 0.25) is 0 Å². The van der Waals surface area contributed by atoms with E-state index in [0.717, 1.165) is 11.3 Å². The molecule has 1 aliphatic heterocycles. The van der Waals surface area contributed by atoms with Gasteiger partial charge in [-0.1, -0.05) is 12.1 Å². The number of anilines is 1. The number of ether oxygens (including phenoxy) is 1. The Morgan fingerprint density at radius 3 is 2.94 bits per heavy atom. The average molecular weight is 219 g/mol. The Hall–Kier alpha value is -1.97. The van der Waals surface area contributed by atoms with E-state index in [-0.39, 0.29) is 5.97 Å². The minimum Gasteiger partial charge on any atom is -0.463 e. The van der Waals surface area contributed by atoms with Crippen LogP contribution in [0.15, 0.2) is 29.8 Å². The van der Waals surface area contributed by atoms with Crippen LogP contribution in [-0.2, 0) is 14.4 Å². The smallest absolute Gasteiger partial charge is 0.337 e. The molecule has 1 N–H and O–H groups in total. The van der Waals surface area contributed by atoms with Crippen LogP contribution < -0.4 is 5.48 Å². The van der Waals surface area contributed by atoms with E-state index in [1.54, 1.807) is 13.8 Å². The molecule has 0 fully saturated rings. The summed E-state index contributed by atoms with van der Waals surface area (Å²) >= 11 is 0. The molecule has 0 bridgehead atoms. The van der Waals surface area contributed by atoms with E-state index in [4.69, 9.17) is 9.57 Å². The second-order valence-electron chi connectivity index (χ2n) is 3.42. The SMILES string of the molecule is CCOC(=O)C(C)=C1ONc2ccccc21. The molecule has 0 unspecified atom stereocenters. The van der Waals surface area contributed by atoms with Crippen molar-refractivity contribution in [2.45, 2.75) is 13.8 Å².